The van der Waals surface area contributed by atoms with Gasteiger partial charge in [0.25, 0.3) is 0 Å². The SMILES string of the molecule is O=CCN1C(=O)OCC1c1ccccc1. The minimum atomic E-state index is -0.420. The fourth-order valence-corrected chi connectivity index (χ4v) is 1.68. The normalized spacial score (nSPS) is 20.1. The fraction of sp³-hybridized carbons (Fsp3) is 0.273. The summed E-state index contributed by atoms with van der Waals surface area (Å²) in [6.07, 6.45) is 0.290. The Labute approximate surface area is 87.4 Å². The highest BCUT2D eigenvalue weighted by Crippen LogP contribution is 2.26. The van der Waals surface area contributed by atoms with Crippen molar-refractivity contribution in [3.05, 3.63) is 35.9 Å². The van der Waals surface area contributed by atoms with Crippen LogP contribution >= 0.6 is 0 Å². The van der Waals surface area contributed by atoms with Crippen LogP contribution in [0.2, 0.25) is 0 Å². The zero-order valence-electron chi connectivity index (χ0n) is 8.13. The Morgan fingerprint density at radius 1 is 1.40 bits per heavy atom. The van der Waals surface area contributed by atoms with E-state index < -0.39 is 6.09 Å². The number of benzene rings is 1. The molecule has 4 heteroatoms. The molecule has 0 saturated carbocycles. The fourth-order valence-electron chi connectivity index (χ4n) is 1.68. The molecule has 1 unspecified atom stereocenters. The number of carbonyl (C=O) groups is 2. The van der Waals surface area contributed by atoms with E-state index in [1.54, 1.807) is 0 Å². The van der Waals surface area contributed by atoms with Gasteiger partial charge in [-0.05, 0) is 5.56 Å². The summed E-state index contributed by atoms with van der Waals surface area (Å²) in [7, 11) is 0. The van der Waals surface area contributed by atoms with Crippen molar-refractivity contribution in [3.8, 4) is 0 Å². The topological polar surface area (TPSA) is 46.6 Å². The number of aldehydes is 1. The number of carbonyl (C=O) groups excluding carboxylic acids is 2. The van der Waals surface area contributed by atoms with Crippen LogP contribution in [0.3, 0.4) is 0 Å². The number of nitrogens with zero attached hydrogens (tertiary/aromatic N) is 1. The number of hydrogen-bond donors (Lipinski definition) is 0. The van der Waals surface area contributed by atoms with Crippen molar-refractivity contribution in [1.29, 1.82) is 0 Å². The Kier molecular flexibility index (Phi) is 2.67. The summed E-state index contributed by atoms with van der Waals surface area (Å²) in [6, 6.07) is 9.41. The van der Waals surface area contributed by atoms with E-state index in [1.165, 1.54) is 4.90 Å². The second-order valence-electron chi connectivity index (χ2n) is 3.32. The van der Waals surface area contributed by atoms with E-state index in [2.05, 4.69) is 0 Å². The zero-order chi connectivity index (χ0) is 10.7. The summed E-state index contributed by atoms with van der Waals surface area (Å²) in [5.74, 6) is 0. The quantitative estimate of drug-likeness (QED) is 0.700. The minimum Gasteiger partial charge on any atom is -0.447 e. The Balaban J connectivity index is 2.22. The first kappa shape index (κ1) is 9.71. The Morgan fingerprint density at radius 2 is 2.13 bits per heavy atom. The lowest BCUT2D eigenvalue weighted by atomic mass is 10.1. The molecule has 0 N–H and O–H groups in total. The smallest absolute Gasteiger partial charge is 0.410 e. The van der Waals surface area contributed by atoms with Gasteiger partial charge in [0, 0.05) is 0 Å². The van der Waals surface area contributed by atoms with Crippen molar-refractivity contribution in [3.63, 3.8) is 0 Å². The first-order chi connectivity index (χ1) is 7.33. The molecule has 1 aromatic carbocycles. The molecule has 1 atom stereocenters. The van der Waals surface area contributed by atoms with E-state index in [0.717, 1.165) is 5.56 Å². The van der Waals surface area contributed by atoms with Gasteiger partial charge in [-0.15, -0.1) is 0 Å². The van der Waals surface area contributed by atoms with E-state index in [9.17, 15) is 9.59 Å². The largest absolute Gasteiger partial charge is 0.447 e. The molecule has 0 aliphatic carbocycles. The standard InChI is InChI=1S/C11H11NO3/c13-7-6-12-10(8-15-11(12)14)9-4-2-1-3-5-9/h1-5,7,10H,6,8H2. The van der Waals surface area contributed by atoms with Crippen molar-refractivity contribution in [2.45, 2.75) is 6.04 Å². The lowest BCUT2D eigenvalue weighted by molar-refractivity contribution is -0.108. The van der Waals surface area contributed by atoms with E-state index in [4.69, 9.17) is 4.74 Å². The molecule has 2 rings (SSSR count). The van der Waals surface area contributed by atoms with Crippen LogP contribution in [0.5, 0.6) is 0 Å². The number of rotatable bonds is 3. The average Bonchev–Trinajstić information content (AvgIpc) is 2.63. The highest BCUT2D eigenvalue weighted by atomic mass is 16.6. The molecule has 1 aliphatic heterocycles. The van der Waals surface area contributed by atoms with Crippen LogP contribution in [0.1, 0.15) is 11.6 Å². The van der Waals surface area contributed by atoms with Crippen LogP contribution in [0.15, 0.2) is 30.3 Å². The minimum absolute atomic E-state index is 0.0817. The van der Waals surface area contributed by atoms with E-state index in [-0.39, 0.29) is 12.6 Å². The molecule has 0 spiro atoms. The third-order valence-electron chi connectivity index (χ3n) is 2.43. The number of ether oxygens (including phenoxy) is 1. The molecule has 15 heavy (non-hydrogen) atoms. The van der Waals surface area contributed by atoms with Crippen molar-refractivity contribution >= 4 is 12.4 Å². The maximum absolute atomic E-state index is 11.3. The Morgan fingerprint density at radius 3 is 2.80 bits per heavy atom. The van der Waals surface area contributed by atoms with Crippen molar-refractivity contribution in [2.24, 2.45) is 0 Å². The lowest BCUT2D eigenvalue weighted by Crippen LogP contribution is -2.29. The molecule has 0 radical (unpaired) electrons. The molecule has 1 aromatic rings. The van der Waals surface area contributed by atoms with Crippen LogP contribution in [0, 0.1) is 0 Å². The number of amides is 1. The summed E-state index contributed by atoms with van der Waals surface area (Å²) in [5.41, 5.74) is 0.991. The lowest BCUT2D eigenvalue weighted by Gasteiger charge is -2.18. The van der Waals surface area contributed by atoms with Crippen LogP contribution < -0.4 is 0 Å². The molecule has 1 saturated heterocycles. The van der Waals surface area contributed by atoms with Gasteiger partial charge in [-0.3, -0.25) is 4.90 Å². The van der Waals surface area contributed by atoms with Gasteiger partial charge in [0.05, 0.1) is 12.6 Å². The maximum atomic E-state index is 11.3. The average molecular weight is 205 g/mol. The molecule has 1 fully saturated rings. The summed E-state index contributed by atoms with van der Waals surface area (Å²) in [5, 5.41) is 0. The van der Waals surface area contributed by atoms with Gasteiger partial charge in [-0.1, -0.05) is 30.3 Å². The number of hydrogen-bond acceptors (Lipinski definition) is 3. The summed E-state index contributed by atoms with van der Waals surface area (Å²) in [4.78, 5) is 23.2. The monoisotopic (exact) mass is 205 g/mol. The Hall–Kier alpha value is -1.84. The van der Waals surface area contributed by atoms with Gasteiger partial charge in [-0.25, -0.2) is 4.79 Å². The van der Waals surface area contributed by atoms with Crippen molar-refractivity contribution < 1.29 is 14.3 Å². The molecule has 1 heterocycles. The van der Waals surface area contributed by atoms with Gasteiger partial charge in [0.15, 0.2) is 0 Å². The molecule has 1 aliphatic rings. The molecule has 1 amide bonds. The maximum Gasteiger partial charge on any atom is 0.410 e. The van der Waals surface area contributed by atoms with Gasteiger partial charge in [-0.2, -0.15) is 0 Å². The van der Waals surface area contributed by atoms with Crippen LogP contribution in [0.25, 0.3) is 0 Å². The summed E-state index contributed by atoms with van der Waals surface area (Å²) in [6.45, 7) is 0.398. The second kappa shape index (κ2) is 4.13. The molecule has 0 aromatic heterocycles. The van der Waals surface area contributed by atoms with E-state index in [0.29, 0.717) is 12.9 Å². The zero-order valence-corrected chi connectivity index (χ0v) is 8.13. The predicted octanol–water partition coefficient (Wildman–Crippen LogP) is 1.38. The van der Waals surface area contributed by atoms with Gasteiger partial charge >= 0.3 is 6.09 Å². The Bertz CT molecular complexity index is 363. The number of cyclic esters (lactones) is 1. The van der Waals surface area contributed by atoms with Crippen LogP contribution in [0.4, 0.5) is 4.79 Å². The van der Waals surface area contributed by atoms with Gasteiger partial charge in [0.1, 0.15) is 12.9 Å². The molecule has 0 bridgehead atoms. The molecule has 4 nitrogen and oxygen atoms in total. The van der Waals surface area contributed by atoms with E-state index in [1.807, 2.05) is 30.3 Å². The first-order valence-electron chi connectivity index (χ1n) is 4.75. The highest BCUT2D eigenvalue weighted by Gasteiger charge is 2.33. The van der Waals surface area contributed by atoms with Gasteiger partial charge < -0.3 is 9.53 Å². The van der Waals surface area contributed by atoms with E-state index >= 15 is 0 Å². The van der Waals surface area contributed by atoms with Crippen molar-refractivity contribution in [1.82, 2.24) is 4.90 Å². The van der Waals surface area contributed by atoms with Crippen LogP contribution in [-0.2, 0) is 9.53 Å². The first-order valence-corrected chi connectivity index (χ1v) is 4.75. The van der Waals surface area contributed by atoms with Crippen molar-refractivity contribution in [2.75, 3.05) is 13.2 Å². The van der Waals surface area contributed by atoms with Crippen LogP contribution in [-0.4, -0.2) is 30.4 Å². The third kappa shape index (κ3) is 1.83. The molecule has 78 valence electrons. The van der Waals surface area contributed by atoms with Gasteiger partial charge in [0.2, 0.25) is 0 Å². The summed E-state index contributed by atoms with van der Waals surface area (Å²) < 4.78 is 4.91. The second-order valence-corrected chi connectivity index (χ2v) is 3.32. The third-order valence-corrected chi connectivity index (χ3v) is 2.43. The predicted molar refractivity (Wildman–Crippen MR) is 53.3 cm³/mol. The summed E-state index contributed by atoms with van der Waals surface area (Å²) >= 11 is 0. The molecular formula is C11H11NO3. The molecular weight excluding hydrogens is 194 g/mol. The highest BCUT2D eigenvalue weighted by molar-refractivity contribution is 5.73.